The molecule has 0 radical (unpaired) electrons. The highest BCUT2D eigenvalue weighted by Crippen LogP contribution is 2.29. The maximum atomic E-state index is 11.7. The van der Waals surface area contributed by atoms with Crippen molar-refractivity contribution in [1.29, 1.82) is 0 Å². The summed E-state index contributed by atoms with van der Waals surface area (Å²) in [6, 6.07) is 18.7. The average Bonchev–Trinajstić information content (AvgIpc) is 2.51. The molecule has 0 aromatic heterocycles. The average molecular weight is 278 g/mol. The lowest BCUT2D eigenvalue weighted by Crippen LogP contribution is -2.04. The summed E-state index contributed by atoms with van der Waals surface area (Å²) in [6.45, 7) is 2.31. The van der Waals surface area contributed by atoms with Gasteiger partial charge in [-0.2, -0.15) is 0 Å². The van der Waals surface area contributed by atoms with Crippen molar-refractivity contribution in [3.05, 3.63) is 60.2 Å². The largest absolute Gasteiger partial charge is 0.461 e. The van der Waals surface area contributed by atoms with Gasteiger partial charge in [0.05, 0.1) is 0 Å². The van der Waals surface area contributed by atoms with Gasteiger partial charge in [-0.15, -0.1) is 0 Å². The van der Waals surface area contributed by atoms with Crippen LogP contribution in [0.3, 0.4) is 0 Å². The fourth-order valence-electron chi connectivity index (χ4n) is 2.69. The Hall–Kier alpha value is -2.35. The first kappa shape index (κ1) is 13.6. The number of hydrogen-bond acceptors (Lipinski definition) is 2. The van der Waals surface area contributed by atoms with E-state index in [1.165, 1.54) is 10.8 Å². The van der Waals surface area contributed by atoms with Crippen LogP contribution in [0.15, 0.2) is 54.6 Å². The smallest absolute Gasteiger partial charge is 0.306 e. The van der Waals surface area contributed by atoms with E-state index in [9.17, 15) is 4.79 Å². The van der Waals surface area contributed by atoms with Crippen LogP contribution in [0.25, 0.3) is 21.5 Å². The van der Waals surface area contributed by atoms with Gasteiger partial charge in [-0.25, -0.2) is 0 Å². The Balaban J connectivity index is 2.09. The molecule has 0 saturated heterocycles. The van der Waals surface area contributed by atoms with Gasteiger partial charge in [0.2, 0.25) is 0 Å². The van der Waals surface area contributed by atoms with Gasteiger partial charge in [0.25, 0.3) is 0 Å². The minimum atomic E-state index is -0.130. The van der Waals surface area contributed by atoms with Crippen LogP contribution in [0.5, 0.6) is 0 Å². The third-order valence-electron chi connectivity index (χ3n) is 3.71. The summed E-state index contributed by atoms with van der Waals surface area (Å²) in [5.74, 6) is -0.130. The minimum absolute atomic E-state index is 0.130. The lowest BCUT2D eigenvalue weighted by Gasteiger charge is -2.12. The van der Waals surface area contributed by atoms with Gasteiger partial charge < -0.3 is 4.74 Å². The fraction of sp³-hybridized carbons (Fsp3) is 0.211. The Morgan fingerprint density at radius 3 is 2.10 bits per heavy atom. The number of fused-ring (bicyclic) bond motifs is 2. The van der Waals surface area contributed by atoms with Crippen LogP contribution in [-0.4, -0.2) is 5.97 Å². The van der Waals surface area contributed by atoms with Gasteiger partial charge in [0.1, 0.15) is 6.61 Å². The standard InChI is InChI=1S/C19H18O2/c1-2-7-19(20)21-13-18-16-10-5-3-8-14(16)12-15-9-4-6-11-17(15)18/h3-6,8-12H,2,7,13H2,1H3. The number of carbonyl (C=O) groups is 1. The zero-order valence-electron chi connectivity index (χ0n) is 12.1. The molecule has 21 heavy (non-hydrogen) atoms. The lowest BCUT2D eigenvalue weighted by atomic mass is 9.97. The van der Waals surface area contributed by atoms with Crippen LogP contribution >= 0.6 is 0 Å². The van der Waals surface area contributed by atoms with Gasteiger partial charge >= 0.3 is 5.97 Å². The van der Waals surface area contributed by atoms with E-state index in [-0.39, 0.29) is 5.97 Å². The van der Waals surface area contributed by atoms with Crippen molar-refractivity contribution in [1.82, 2.24) is 0 Å². The van der Waals surface area contributed by atoms with E-state index < -0.39 is 0 Å². The second-order valence-corrected chi connectivity index (χ2v) is 5.21. The summed E-state index contributed by atoms with van der Waals surface area (Å²) in [5, 5.41) is 4.66. The molecule has 0 bridgehead atoms. The monoisotopic (exact) mass is 278 g/mol. The Labute approximate surface area is 124 Å². The molecular weight excluding hydrogens is 260 g/mol. The first-order valence-corrected chi connectivity index (χ1v) is 7.34. The van der Waals surface area contributed by atoms with Crippen molar-refractivity contribution in [2.75, 3.05) is 0 Å². The zero-order chi connectivity index (χ0) is 14.7. The van der Waals surface area contributed by atoms with E-state index in [0.717, 1.165) is 22.8 Å². The molecule has 3 aromatic rings. The van der Waals surface area contributed by atoms with Gasteiger partial charge in [0, 0.05) is 12.0 Å². The molecule has 3 aromatic carbocycles. The second kappa shape index (κ2) is 5.96. The Morgan fingerprint density at radius 2 is 1.52 bits per heavy atom. The van der Waals surface area contributed by atoms with E-state index in [1.54, 1.807) is 0 Å². The van der Waals surface area contributed by atoms with Crippen LogP contribution in [0.1, 0.15) is 25.3 Å². The predicted octanol–water partition coefficient (Wildman–Crippen LogP) is 4.84. The van der Waals surface area contributed by atoms with Crippen LogP contribution < -0.4 is 0 Å². The van der Waals surface area contributed by atoms with Crippen molar-refractivity contribution in [3.8, 4) is 0 Å². The minimum Gasteiger partial charge on any atom is -0.461 e. The molecule has 0 N–H and O–H groups in total. The van der Waals surface area contributed by atoms with Crippen molar-refractivity contribution in [2.24, 2.45) is 0 Å². The SMILES string of the molecule is CCCC(=O)OCc1c2ccccc2cc2ccccc12. The summed E-state index contributed by atoms with van der Waals surface area (Å²) in [7, 11) is 0. The molecule has 0 spiro atoms. The van der Waals surface area contributed by atoms with Gasteiger partial charge in [0.15, 0.2) is 0 Å². The molecule has 2 heteroatoms. The normalized spacial score (nSPS) is 10.9. The van der Waals surface area contributed by atoms with Gasteiger partial charge in [-0.1, -0.05) is 55.5 Å². The first-order chi connectivity index (χ1) is 10.3. The van der Waals surface area contributed by atoms with Crippen LogP contribution in [0, 0.1) is 0 Å². The summed E-state index contributed by atoms with van der Waals surface area (Å²) in [6.07, 6.45) is 1.29. The molecule has 0 aliphatic carbocycles. The van der Waals surface area contributed by atoms with Crippen LogP contribution in [0.4, 0.5) is 0 Å². The van der Waals surface area contributed by atoms with E-state index in [1.807, 2.05) is 31.2 Å². The van der Waals surface area contributed by atoms with Crippen LogP contribution in [-0.2, 0) is 16.1 Å². The van der Waals surface area contributed by atoms with Crippen LogP contribution in [0.2, 0.25) is 0 Å². The van der Waals surface area contributed by atoms with Crippen molar-refractivity contribution < 1.29 is 9.53 Å². The third-order valence-corrected chi connectivity index (χ3v) is 3.71. The third kappa shape index (κ3) is 2.75. The summed E-state index contributed by atoms with van der Waals surface area (Å²) in [4.78, 5) is 11.7. The molecule has 0 aliphatic rings. The number of esters is 1. The zero-order valence-corrected chi connectivity index (χ0v) is 12.1. The van der Waals surface area contributed by atoms with Gasteiger partial charge in [-0.05, 0) is 34.0 Å². The molecule has 3 rings (SSSR count). The van der Waals surface area contributed by atoms with E-state index in [4.69, 9.17) is 4.74 Å². The van der Waals surface area contributed by atoms with E-state index >= 15 is 0 Å². The maximum absolute atomic E-state index is 11.7. The Kier molecular flexibility index (Phi) is 3.87. The molecule has 0 unspecified atom stereocenters. The van der Waals surface area contributed by atoms with Crippen molar-refractivity contribution >= 4 is 27.5 Å². The van der Waals surface area contributed by atoms with Crippen molar-refractivity contribution in [2.45, 2.75) is 26.4 Å². The number of ether oxygens (including phenoxy) is 1. The summed E-state index contributed by atoms with van der Waals surface area (Å²) in [5.41, 5.74) is 1.09. The molecule has 0 aliphatic heterocycles. The number of benzene rings is 3. The molecule has 0 heterocycles. The lowest BCUT2D eigenvalue weighted by molar-refractivity contribution is -0.144. The molecule has 0 atom stereocenters. The predicted molar refractivity (Wildman–Crippen MR) is 86.2 cm³/mol. The number of rotatable bonds is 4. The molecule has 106 valence electrons. The number of carbonyl (C=O) groups excluding carboxylic acids is 1. The molecule has 0 fully saturated rings. The second-order valence-electron chi connectivity index (χ2n) is 5.21. The molecule has 2 nitrogen and oxygen atoms in total. The highest BCUT2D eigenvalue weighted by atomic mass is 16.5. The Bertz CT molecular complexity index is 736. The van der Waals surface area contributed by atoms with Crippen molar-refractivity contribution in [3.63, 3.8) is 0 Å². The highest BCUT2D eigenvalue weighted by Gasteiger charge is 2.09. The molecular formula is C19H18O2. The molecule has 0 saturated carbocycles. The number of hydrogen-bond donors (Lipinski definition) is 0. The highest BCUT2D eigenvalue weighted by molar-refractivity contribution is 6.02. The Morgan fingerprint density at radius 1 is 0.952 bits per heavy atom. The maximum Gasteiger partial charge on any atom is 0.306 e. The topological polar surface area (TPSA) is 26.3 Å². The summed E-state index contributed by atoms with van der Waals surface area (Å²) >= 11 is 0. The first-order valence-electron chi connectivity index (χ1n) is 7.34. The van der Waals surface area contributed by atoms with Gasteiger partial charge in [-0.3, -0.25) is 4.79 Å². The fourth-order valence-corrected chi connectivity index (χ4v) is 2.69. The summed E-state index contributed by atoms with van der Waals surface area (Å²) < 4.78 is 5.45. The molecule has 0 amide bonds. The quantitative estimate of drug-likeness (QED) is 0.504. The van der Waals surface area contributed by atoms with E-state index in [0.29, 0.717) is 13.0 Å². The van der Waals surface area contributed by atoms with E-state index in [2.05, 4.69) is 30.3 Å².